The van der Waals surface area contributed by atoms with E-state index in [-0.39, 0.29) is 18.2 Å². The van der Waals surface area contributed by atoms with Crippen molar-refractivity contribution in [2.75, 3.05) is 0 Å². The summed E-state index contributed by atoms with van der Waals surface area (Å²) in [5.74, 6) is -0.158. The van der Waals surface area contributed by atoms with Crippen LogP contribution in [-0.2, 0) is 14.3 Å². The van der Waals surface area contributed by atoms with Gasteiger partial charge in [0.15, 0.2) is 0 Å². The normalized spacial score (nSPS) is 20.9. The fourth-order valence-electron chi connectivity index (χ4n) is 2.04. The van der Waals surface area contributed by atoms with Gasteiger partial charge in [-0.3, -0.25) is 4.79 Å². The van der Waals surface area contributed by atoms with E-state index in [1.165, 1.54) is 19.3 Å². The largest absolute Gasteiger partial charge is 0.436 e. The van der Waals surface area contributed by atoms with Gasteiger partial charge in [0.25, 0.3) is 0 Å². The molecule has 1 saturated carbocycles. The number of carbonyl (C=O) groups is 1. The minimum atomic E-state index is -0.348. The Bertz CT molecular complexity index is 222. The van der Waals surface area contributed by atoms with Gasteiger partial charge in [0.2, 0.25) is 6.29 Å². The van der Waals surface area contributed by atoms with Crippen LogP contribution in [0.1, 0.15) is 65.7 Å². The Morgan fingerprint density at radius 1 is 1.18 bits per heavy atom. The van der Waals surface area contributed by atoms with E-state index < -0.39 is 0 Å². The molecule has 0 N–H and O–H groups in total. The van der Waals surface area contributed by atoms with Crippen LogP contribution in [0.2, 0.25) is 0 Å². The first-order chi connectivity index (χ1) is 8.17. The summed E-state index contributed by atoms with van der Waals surface area (Å²) < 4.78 is 11.3. The average molecular weight is 242 g/mol. The summed E-state index contributed by atoms with van der Waals surface area (Å²) in [4.78, 5) is 11.7. The summed E-state index contributed by atoms with van der Waals surface area (Å²) in [5.41, 5.74) is 0. The lowest BCUT2D eigenvalue weighted by atomic mass is 9.98. The number of hydrogen-bond donors (Lipinski definition) is 0. The third-order valence-corrected chi connectivity index (χ3v) is 3.49. The predicted molar refractivity (Wildman–Crippen MR) is 67.6 cm³/mol. The summed E-state index contributed by atoms with van der Waals surface area (Å²) in [6.45, 7) is 5.89. The van der Waals surface area contributed by atoms with Crippen molar-refractivity contribution >= 4 is 5.97 Å². The Balaban J connectivity index is 2.34. The Hall–Kier alpha value is -0.570. The lowest BCUT2D eigenvalue weighted by Gasteiger charge is -2.27. The summed E-state index contributed by atoms with van der Waals surface area (Å²) in [5, 5.41) is 0. The Morgan fingerprint density at radius 3 is 2.35 bits per heavy atom. The van der Waals surface area contributed by atoms with Crippen LogP contribution in [0.25, 0.3) is 0 Å². The molecular formula is C14H26O3. The zero-order chi connectivity index (χ0) is 12.7. The molecule has 0 heterocycles. The highest BCUT2D eigenvalue weighted by Crippen LogP contribution is 2.22. The van der Waals surface area contributed by atoms with E-state index in [1.807, 2.05) is 20.8 Å². The summed E-state index contributed by atoms with van der Waals surface area (Å²) in [6.07, 6.45) is 7.49. The SMILES string of the molecule is CCC(OC(=O)C(C)CC)OC1CCCCC1. The van der Waals surface area contributed by atoms with Gasteiger partial charge in [0.05, 0.1) is 12.0 Å². The third kappa shape index (κ3) is 5.07. The maximum absolute atomic E-state index is 11.7. The first-order valence-corrected chi connectivity index (χ1v) is 7.03. The number of carbonyl (C=O) groups excluding carboxylic acids is 1. The predicted octanol–water partition coefficient (Wildman–Crippen LogP) is 3.66. The van der Waals surface area contributed by atoms with Gasteiger partial charge in [0, 0.05) is 6.42 Å². The molecule has 1 aliphatic carbocycles. The van der Waals surface area contributed by atoms with Gasteiger partial charge >= 0.3 is 5.97 Å². The molecule has 100 valence electrons. The van der Waals surface area contributed by atoms with Crippen LogP contribution >= 0.6 is 0 Å². The smallest absolute Gasteiger partial charge is 0.310 e. The van der Waals surface area contributed by atoms with Gasteiger partial charge in [-0.25, -0.2) is 0 Å². The van der Waals surface area contributed by atoms with Crippen molar-refractivity contribution in [1.29, 1.82) is 0 Å². The van der Waals surface area contributed by atoms with Crippen molar-refractivity contribution < 1.29 is 14.3 Å². The molecule has 2 unspecified atom stereocenters. The fraction of sp³-hybridized carbons (Fsp3) is 0.929. The van der Waals surface area contributed by atoms with Crippen LogP contribution in [0.4, 0.5) is 0 Å². The highest BCUT2D eigenvalue weighted by atomic mass is 16.7. The molecule has 0 radical (unpaired) electrons. The van der Waals surface area contributed by atoms with Gasteiger partial charge in [-0.2, -0.15) is 0 Å². The van der Waals surface area contributed by atoms with E-state index in [4.69, 9.17) is 9.47 Å². The first-order valence-electron chi connectivity index (χ1n) is 7.03. The molecule has 0 aliphatic heterocycles. The van der Waals surface area contributed by atoms with Crippen LogP contribution < -0.4 is 0 Å². The zero-order valence-electron chi connectivity index (χ0n) is 11.4. The second-order valence-electron chi connectivity index (χ2n) is 4.98. The molecule has 17 heavy (non-hydrogen) atoms. The Kier molecular flexibility index (Phi) is 6.56. The molecule has 3 nitrogen and oxygen atoms in total. The average Bonchev–Trinajstić information content (AvgIpc) is 2.38. The number of hydrogen-bond acceptors (Lipinski definition) is 3. The van der Waals surface area contributed by atoms with Crippen molar-refractivity contribution in [3.63, 3.8) is 0 Å². The van der Waals surface area contributed by atoms with E-state index in [2.05, 4.69) is 0 Å². The molecule has 0 amide bonds. The molecule has 2 atom stereocenters. The maximum Gasteiger partial charge on any atom is 0.310 e. The fourth-order valence-corrected chi connectivity index (χ4v) is 2.04. The molecule has 0 aromatic rings. The van der Waals surface area contributed by atoms with Crippen molar-refractivity contribution in [3.8, 4) is 0 Å². The highest BCUT2D eigenvalue weighted by molar-refractivity contribution is 5.71. The third-order valence-electron chi connectivity index (χ3n) is 3.49. The summed E-state index contributed by atoms with van der Waals surface area (Å²) in [7, 11) is 0. The first kappa shape index (κ1) is 14.5. The van der Waals surface area contributed by atoms with E-state index in [0.717, 1.165) is 25.7 Å². The second kappa shape index (κ2) is 7.70. The highest BCUT2D eigenvalue weighted by Gasteiger charge is 2.22. The van der Waals surface area contributed by atoms with E-state index in [0.29, 0.717) is 6.10 Å². The minimum Gasteiger partial charge on any atom is -0.436 e. The van der Waals surface area contributed by atoms with Crippen molar-refractivity contribution in [3.05, 3.63) is 0 Å². The topological polar surface area (TPSA) is 35.5 Å². The molecule has 0 spiro atoms. The Morgan fingerprint density at radius 2 is 1.82 bits per heavy atom. The van der Waals surface area contributed by atoms with Gasteiger partial charge in [-0.15, -0.1) is 0 Å². The second-order valence-corrected chi connectivity index (χ2v) is 4.98. The molecule has 1 fully saturated rings. The summed E-state index contributed by atoms with van der Waals surface area (Å²) >= 11 is 0. The van der Waals surface area contributed by atoms with Crippen LogP contribution in [0, 0.1) is 5.92 Å². The van der Waals surface area contributed by atoms with Crippen LogP contribution in [0.5, 0.6) is 0 Å². The number of esters is 1. The van der Waals surface area contributed by atoms with Crippen molar-refractivity contribution in [2.45, 2.75) is 78.1 Å². The van der Waals surface area contributed by atoms with E-state index in [9.17, 15) is 4.79 Å². The number of ether oxygens (including phenoxy) is 2. The molecule has 1 aliphatic rings. The van der Waals surface area contributed by atoms with Crippen molar-refractivity contribution in [2.24, 2.45) is 5.92 Å². The molecule has 0 saturated heterocycles. The van der Waals surface area contributed by atoms with Gasteiger partial charge < -0.3 is 9.47 Å². The molecule has 0 aromatic carbocycles. The molecule has 3 heteroatoms. The van der Waals surface area contributed by atoms with Crippen LogP contribution in [-0.4, -0.2) is 18.4 Å². The number of rotatable bonds is 6. The standard InChI is InChI=1S/C14H26O3/c1-4-11(3)14(15)17-13(5-2)16-12-9-7-6-8-10-12/h11-13H,4-10H2,1-3H3. The Labute approximate surface area is 105 Å². The lowest BCUT2D eigenvalue weighted by Crippen LogP contribution is -2.29. The van der Waals surface area contributed by atoms with Crippen molar-refractivity contribution in [1.82, 2.24) is 0 Å². The lowest BCUT2D eigenvalue weighted by molar-refractivity contribution is -0.197. The molecule has 0 aromatic heterocycles. The zero-order valence-corrected chi connectivity index (χ0v) is 11.4. The summed E-state index contributed by atoms with van der Waals surface area (Å²) in [6, 6.07) is 0. The van der Waals surface area contributed by atoms with Gasteiger partial charge in [-0.1, -0.05) is 40.0 Å². The van der Waals surface area contributed by atoms with Gasteiger partial charge in [-0.05, 0) is 19.3 Å². The maximum atomic E-state index is 11.7. The van der Waals surface area contributed by atoms with E-state index >= 15 is 0 Å². The monoisotopic (exact) mass is 242 g/mol. The van der Waals surface area contributed by atoms with E-state index in [1.54, 1.807) is 0 Å². The molecular weight excluding hydrogens is 216 g/mol. The van der Waals surface area contributed by atoms with Gasteiger partial charge in [0.1, 0.15) is 0 Å². The van der Waals surface area contributed by atoms with Crippen LogP contribution in [0.15, 0.2) is 0 Å². The quantitative estimate of drug-likeness (QED) is 0.526. The molecule has 0 bridgehead atoms. The minimum absolute atomic E-state index is 0.0287. The molecule has 1 rings (SSSR count). The van der Waals surface area contributed by atoms with Crippen LogP contribution in [0.3, 0.4) is 0 Å².